The number of benzene rings is 1. The Morgan fingerprint density at radius 3 is 2.95 bits per heavy atom. The van der Waals surface area contributed by atoms with Gasteiger partial charge >= 0.3 is 0 Å². The standard InChI is InChI=1S/C14H10ClFN4O/c1-2-6-17-13-11(12(15)18-8-19-13)20-14(21)9-4-3-5-10(16)7-9/h1,3-5,7-8H,6H2,(H,20,21)(H,17,18,19). The number of carbonyl (C=O) groups is 1. The summed E-state index contributed by atoms with van der Waals surface area (Å²) in [5, 5.41) is 5.40. The van der Waals surface area contributed by atoms with E-state index >= 15 is 0 Å². The second kappa shape index (κ2) is 6.68. The number of amides is 1. The molecule has 0 atom stereocenters. The second-order valence-corrected chi connectivity index (χ2v) is 4.27. The third-order valence-corrected chi connectivity index (χ3v) is 2.77. The van der Waals surface area contributed by atoms with Crippen LogP contribution in [-0.2, 0) is 0 Å². The van der Waals surface area contributed by atoms with Gasteiger partial charge in [-0.05, 0) is 18.2 Å². The Hall–Kier alpha value is -2.65. The van der Waals surface area contributed by atoms with E-state index in [2.05, 4.69) is 26.5 Å². The topological polar surface area (TPSA) is 66.9 Å². The molecular formula is C14H10ClFN4O. The van der Waals surface area contributed by atoms with E-state index in [0.29, 0.717) is 0 Å². The first-order valence-electron chi connectivity index (χ1n) is 5.86. The van der Waals surface area contributed by atoms with Gasteiger partial charge < -0.3 is 10.6 Å². The Bertz CT molecular complexity index is 714. The van der Waals surface area contributed by atoms with Gasteiger partial charge in [-0.15, -0.1) is 6.42 Å². The van der Waals surface area contributed by atoms with E-state index in [0.717, 1.165) is 6.07 Å². The van der Waals surface area contributed by atoms with Crippen LogP contribution in [0.5, 0.6) is 0 Å². The Morgan fingerprint density at radius 1 is 1.43 bits per heavy atom. The molecule has 1 aromatic carbocycles. The van der Waals surface area contributed by atoms with Crippen molar-refractivity contribution in [3.05, 3.63) is 47.1 Å². The normalized spacial score (nSPS) is 9.76. The highest BCUT2D eigenvalue weighted by molar-refractivity contribution is 6.33. The van der Waals surface area contributed by atoms with Crippen molar-refractivity contribution < 1.29 is 9.18 Å². The molecule has 0 fully saturated rings. The molecule has 1 heterocycles. The summed E-state index contributed by atoms with van der Waals surface area (Å²) < 4.78 is 13.1. The third-order valence-electron chi connectivity index (χ3n) is 2.48. The van der Waals surface area contributed by atoms with Crippen LogP contribution >= 0.6 is 11.6 Å². The minimum Gasteiger partial charge on any atom is -0.357 e. The number of aromatic nitrogens is 2. The predicted molar refractivity (Wildman–Crippen MR) is 78.7 cm³/mol. The zero-order chi connectivity index (χ0) is 15.2. The number of anilines is 2. The lowest BCUT2D eigenvalue weighted by atomic mass is 10.2. The van der Waals surface area contributed by atoms with Crippen LogP contribution in [-0.4, -0.2) is 22.4 Å². The van der Waals surface area contributed by atoms with Crippen molar-refractivity contribution in [1.29, 1.82) is 0 Å². The van der Waals surface area contributed by atoms with E-state index in [9.17, 15) is 9.18 Å². The van der Waals surface area contributed by atoms with Crippen molar-refractivity contribution >= 4 is 29.0 Å². The van der Waals surface area contributed by atoms with Crippen molar-refractivity contribution in [1.82, 2.24) is 9.97 Å². The van der Waals surface area contributed by atoms with Crippen molar-refractivity contribution in [3.63, 3.8) is 0 Å². The molecule has 0 unspecified atom stereocenters. The summed E-state index contributed by atoms with van der Waals surface area (Å²) in [5.74, 6) is 1.63. The molecule has 0 bridgehead atoms. The number of terminal acetylenes is 1. The lowest BCUT2D eigenvalue weighted by molar-refractivity contribution is 0.102. The number of hydrogen-bond donors (Lipinski definition) is 2. The molecule has 0 aliphatic carbocycles. The molecule has 0 aliphatic rings. The fourth-order valence-corrected chi connectivity index (χ4v) is 1.74. The first-order chi connectivity index (χ1) is 10.1. The van der Waals surface area contributed by atoms with Crippen LogP contribution in [0.4, 0.5) is 15.9 Å². The summed E-state index contributed by atoms with van der Waals surface area (Å²) in [6, 6.07) is 5.27. The maximum absolute atomic E-state index is 13.1. The van der Waals surface area contributed by atoms with Gasteiger partial charge in [0, 0.05) is 5.56 Å². The zero-order valence-electron chi connectivity index (χ0n) is 10.7. The fourth-order valence-electron chi connectivity index (χ4n) is 1.56. The smallest absolute Gasteiger partial charge is 0.255 e. The molecule has 106 valence electrons. The third kappa shape index (κ3) is 3.68. The summed E-state index contributed by atoms with van der Waals surface area (Å²) in [7, 11) is 0. The highest BCUT2D eigenvalue weighted by atomic mass is 35.5. The maximum atomic E-state index is 13.1. The molecule has 2 aromatic rings. The van der Waals surface area contributed by atoms with Gasteiger partial charge in [0.05, 0.1) is 6.54 Å². The van der Waals surface area contributed by atoms with Crippen molar-refractivity contribution in [2.45, 2.75) is 0 Å². The molecule has 2 N–H and O–H groups in total. The van der Waals surface area contributed by atoms with Gasteiger partial charge in [-0.3, -0.25) is 4.79 Å². The minimum atomic E-state index is -0.532. The number of carbonyl (C=O) groups excluding carboxylic acids is 1. The SMILES string of the molecule is C#CCNc1ncnc(Cl)c1NC(=O)c1cccc(F)c1. The van der Waals surface area contributed by atoms with Gasteiger partial charge in [-0.1, -0.05) is 23.6 Å². The van der Waals surface area contributed by atoms with E-state index in [1.807, 2.05) is 0 Å². The molecule has 1 amide bonds. The minimum absolute atomic E-state index is 0.0503. The molecule has 0 aliphatic heterocycles. The summed E-state index contributed by atoms with van der Waals surface area (Å²) in [4.78, 5) is 19.8. The van der Waals surface area contributed by atoms with Crippen LogP contribution < -0.4 is 10.6 Å². The van der Waals surface area contributed by atoms with Gasteiger partial charge in [-0.25, -0.2) is 14.4 Å². The molecule has 2 rings (SSSR count). The van der Waals surface area contributed by atoms with Gasteiger partial charge in [-0.2, -0.15) is 0 Å². The van der Waals surface area contributed by atoms with Crippen LogP contribution in [0.2, 0.25) is 5.15 Å². The van der Waals surface area contributed by atoms with E-state index in [4.69, 9.17) is 18.0 Å². The molecular weight excluding hydrogens is 295 g/mol. The van der Waals surface area contributed by atoms with E-state index in [1.165, 1.54) is 24.5 Å². The van der Waals surface area contributed by atoms with Gasteiger partial charge in [0.1, 0.15) is 17.8 Å². The molecule has 21 heavy (non-hydrogen) atoms. The highest BCUT2D eigenvalue weighted by Gasteiger charge is 2.14. The van der Waals surface area contributed by atoms with Crippen LogP contribution in [0.3, 0.4) is 0 Å². The Kier molecular flexibility index (Phi) is 4.69. The largest absolute Gasteiger partial charge is 0.357 e. The second-order valence-electron chi connectivity index (χ2n) is 3.91. The quantitative estimate of drug-likeness (QED) is 0.673. The van der Waals surface area contributed by atoms with Crippen molar-refractivity contribution in [2.24, 2.45) is 0 Å². The van der Waals surface area contributed by atoms with Gasteiger partial charge in [0.15, 0.2) is 11.0 Å². The summed E-state index contributed by atoms with van der Waals surface area (Å²) >= 11 is 5.94. The van der Waals surface area contributed by atoms with Crippen LogP contribution in [0.25, 0.3) is 0 Å². The zero-order valence-corrected chi connectivity index (χ0v) is 11.5. The van der Waals surface area contributed by atoms with E-state index in [-0.39, 0.29) is 28.8 Å². The molecule has 0 saturated heterocycles. The average molecular weight is 305 g/mol. The molecule has 0 saturated carbocycles. The molecule has 0 radical (unpaired) electrons. The maximum Gasteiger partial charge on any atom is 0.255 e. The average Bonchev–Trinajstić information content (AvgIpc) is 2.47. The number of nitrogens with zero attached hydrogens (tertiary/aromatic N) is 2. The lowest BCUT2D eigenvalue weighted by Crippen LogP contribution is -2.15. The van der Waals surface area contributed by atoms with Gasteiger partial charge in [0.25, 0.3) is 5.91 Å². The first kappa shape index (κ1) is 14.8. The van der Waals surface area contributed by atoms with E-state index < -0.39 is 11.7 Å². The molecule has 0 spiro atoms. The number of rotatable bonds is 4. The Morgan fingerprint density at radius 2 is 2.24 bits per heavy atom. The fraction of sp³-hybridized carbons (Fsp3) is 0.0714. The Labute approximate surface area is 125 Å². The van der Waals surface area contributed by atoms with Crippen molar-refractivity contribution in [3.8, 4) is 12.3 Å². The van der Waals surface area contributed by atoms with Crippen LogP contribution in [0.1, 0.15) is 10.4 Å². The summed E-state index contributed by atoms with van der Waals surface area (Å²) in [6.45, 7) is 0.205. The number of nitrogens with one attached hydrogen (secondary N) is 2. The Balaban J connectivity index is 2.26. The van der Waals surface area contributed by atoms with Crippen LogP contribution in [0, 0.1) is 18.2 Å². The first-order valence-corrected chi connectivity index (χ1v) is 6.24. The van der Waals surface area contributed by atoms with E-state index in [1.54, 1.807) is 0 Å². The summed E-state index contributed by atoms with van der Waals surface area (Å²) in [5.41, 5.74) is 0.335. The predicted octanol–water partition coefficient (Wildman–Crippen LogP) is 2.57. The molecule has 5 nitrogen and oxygen atoms in total. The van der Waals surface area contributed by atoms with Crippen LogP contribution in [0.15, 0.2) is 30.6 Å². The lowest BCUT2D eigenvalue weighted by Gasteiger charge is -2.11. The number of hydrogen-bond acceptors (Lipinski definition) is 4. The highest BCUT2D eigenvalue weighted by Crippen LogP contribution is 2.26. The molecule has 1 aromatic heterocycles. The summed E-state index contributed by atoms with van der Waals surface area (Å²) in [6.07, 6.45) is 6.39. The van der Waals surface area contributed by atoms with Crippen molar-refractivity contribution in [2.75, 3.05) is 17.2 Å². The number of halogens is 2. The molecule has 7 heteroatoms. The monoisotopic (exact) mass is 304 g/mol. The van der Waals surface area contributed by atoms with Gasteiger partial charge in [0.2, 0.25) is 0 Å².